The summed E-state index contributed by atoms with van der Waals surface area (Å²) < 4.78 is 3.74. The number of fused-ring (bicyclic) bond motifs is 5. The van der Waals surface area contributed by atoms with Crippen LogP contribution < -0.4 is 0 Å². The maximum Gasteiger partial charge on any atom is 0.197 e. The number of carbonyl (C=O) groups excluding carboxylic acids is 4. The van der Waals surface area contributed by atoms with Crippen molar-refractivity contribution in [1.29, 1.82) is 10.5 Å². The van der Waals surface area contributed by atoms with E-state index in [1.807, 2.05) is 35.9 Å². The zero-order valence-corrected chi connectivity index (χ0v) is 23.9. The van der Waals surface area contributed by atoms with E-state index in [1.165, 1.54) is 59.1 Å². The van der Waals surface area contributed by atoms with Crippen LogP contribution in [0.15, 0.2) is 47.5 Å². The van der Waals surface area contributed by atoms with Gasteiger partial charge in [0, 0.05) is 39.1 Å². The maximum absolute atomic E-state index is 13.1. The van der Waals surface area contributed by atoms with Gasteiger partial charge in [0.05, 0.1) is 55.9 Å². The Hall–Kier alpha value is -6.24. The summed E-state index contributed by atoms with van der Waals surface area (Å²) in [5.74, 6) is -1.99. The first-order valence-corrected chi connectivity index (χ1v) is 14.4. The van der Waals surface area contributed by atoms with Crippen molar-refractivity contribution in [3.8, 4) is 12.1 Å². The number of aromatic nitrogens is 1. The first kappa shape index (κ1) is 26.6. The minimum Gasteiger partial charge on any atom is -0.342 e. The third-order valence-electron chi connectivity index (χ3n) is 7.68. The number of aryl methyl sites for hydroxylation is 1. The Labute approximate surface area is 256 Å². The molecular formula is C33H11N5O4S2. The molecule has 3 heterocycles. The number of nitrogens with zero attached hydrogens (tertiary/aromatic N) is 5. The van der Waals surface area contributed by atoms with Crippen molar-refractivity contribution in [3.63, 3.8) is 0 Å². The standard InChI is InChI=1S/C33H11N5O4S2/c1-36-24-10-20-21(11-25(24)37-2)31(42)23(30(20)41)7-17-9-27-33(44-17)32-26(38(27)3)8-16(43-32)6-22-28(39)18-4-14(12-34)15(13-35)5-19(18)29(22)40/h4-11H,3H3. The molecular weight excluding hydrogens is 595 g/mol. The number of carbonyl (C=O) groups is 4. The minimum absolute atomic E-state index is 0.0255. The van der Waals surface area contributed by atoms with Gasteiger partial charge in [0.25, 0.3) is 0 Å². The molecule has 2 aliphatic rings. The molecule has 0 aliphatic heterocycles. The van der Waals surface area contributed by atoms with Crippen LogP contribution in [0.4, 0.5) is 11.4 Å². The molecule has 0 atom stereocenters. The monoisotopic (exact) mass is 605 g/mol. The summed E-state index contributed by atoms with van der Waals surface area (Å²) in [5, 5.41) is 18.6. The van der Waals surface area contributed by atoms with E-state index >= 15 is 0 Å². The lowest BCUT2D eigenvalue weighted by Crippen LogP contribution is -1.99. The Balaban J connectivity index is 1.27. The minimum atomic E-state index is -0.502. The molecule has 0 saturated carbocycles. The highest BCUT2D eigenvalue weighted by Crippen LogP contribution is 2.43. The predicted octanol–water partition coefficient (Wildman–Crippen LogP) is 7.22. The molecule has 0 N–H and O–H groups in total. The van der Waals surface area contributed by atoms with Crippen LogP contribution in [-0.4, -0.2) is 27.7 Å². The number of allylic oxidation sites excluding steroid dienone is 2. The van der Waals surface area contributed by atoms with Crippen LogP contribution in [0, 0.1) is 35.8 Å². The van der Waals surface area contributed by atoms with E-state index in [4.69, 9.17) is 13.1 Å². The van der Waals surface area contributed by atoms with Gasteiger partial charge in [-0.05, 0) is 36.4 Å². The van der Waals surface area contributed by atoms with E-state index in [2.05, 4.69) is 9.69 Å². The highest BCUT2D eigenvalue weighted by molar-refractivity contribution is 7.28. The lowest BCUT2D eigenvalue weighted by Gasteiger charge is -1.98. The highest BCUT2D eigenvalue weighted by atomic mass is 32.1. The predicted molar refractivity (Wildman–Crippen MR) is 164 cm³/mol. The molecule has 3 aromatic heterocycles. The average Bonchev–Trinajstić information content (AvgIpc) is 3.80. The Morgan fingerprint density at radius 3 is 1.36 bits per heavy atom. The van der Waals surface area contributed by atoms with Gasteiger partial charge in [-0.1, -0.05) is 12.1 Å². The van der Waals surface area contributed by atoms with Crippen molar-refractivity contribution < 1.29 is 19.2 Å². The van der Waals surface area contributed by atoms with Crippen LogP contribution in [0.25, 0.3) is 42.3 Å². The van der Waals surface area contributed by atoms with Crippen molar-refractivity contribution in [2.75, 3.05) is 0 Å². The molecule has 0 unspecified atom stereocenters. The molecule has 0 radical (unpaired) electrons. The lowest BCUT2D eigenvalue weighted by atomic mass is 10.0. The summed E-state index contributed by atoms with van der Waals surface area (Å²) >= 11 is 2.76. The fourth-order valence-electron chi connectivity index (χ4n) is 5.52. The normalized spacial score (nSPS) is 13.6. The molecule has 5 aromatic rings. The maximum atomic E-state index is 13.1. The molecule has 0 saturated heterocycles. The Kier molecular flexibility index (Phi) is 5.69. The zero-order valence-electron chi connectivity index (χ0n) is 22.3. The fourth-order valence-corrected chi connectivity index (χ4v) is 7.93. The number of benzene rings is 2. The van der Waals surface area contributed by atoms with Crippen LogP contribution >= 0.6 is 22.7 Å². The molecule has 9 nitrogen and oxygen atoms in total. The summed E-state index contributed by atoms with van der Waals surface area (Å²) in [6, 6.07) is 12.7. The smallest absolute Gasteiger partial charge is 0.197 e. The van der Waals surface area contributed by atoms with E-state index in [0.29, 0.717) is 9.75 Å². The number of Topliss-reactive ketones (excluding diaryl/α,β-unsaturated/α-hetero) is 4. The third kappa shape index (κ3) is 3.59. The van der Waals surface area contributed by atoms with Gasteiger partial charge in [-0.25, -0.2) is 0 Å². The largest absolute Gasteiger partial charge is 0.342 e. The number of hydrogen-bond donors (Lipinski definition) is 0. The van der Waals surface area contributed by atoms with Crippen LogP contribution in [-0.2, 0) is 7.05 Å². The number of thiophene rings is 2. The average molecular weight is 606 g/mol. The Morgan fingerprint density at radius 2 is 1.02 bits per heavy atom. The van der Waals surface area contributed by atoms with Crippen LogP contribution in [0.5, 0.6) is 0 Å². The first-order chi connectivity index (χ1) is 21.2. The van der Waals surface area contributed by atoms with E-state index in [0.717, 1.165) is 20.4 Å². The number of rotatable bonds is 2. The topological polar surface area (TPSA) is 130 Å². The second kappa shape index (κ2) is 9.39. The Bertz CT molecular complexity index is 2240. The molecule has 0 amide bonds. The molecule has 2 aliphatic carbocycles. The van der Waals surface area contributed by atoms with Crippen molar-refractivity contribution >= 4 is 89.8 Å². The molecule has 7 rings (SSSR count). The zero-order chi connectivity index (χ0) is 31.0. The van der Waals surface area contributed by atoms with Gasteiger partial charge in [0.15, 0.2) is 34.5 Å². The summed E-state index contributed by atoms with van der Waals surface area (Å²) in [4.78, 5) is 60.4. The highest BCUT2D eigenvalue weighted by Gasteiger charge is 2.36. The number of nitriles is 2. The summed E-state index contributed by atoms with van der Waals surface area (Å²) in [7, 11) is 1.87. The van der Waals surface area contributed by atoms with Crippen molar-refractivity contribution in [2.45, 2.75) is 0 Å². The SMILES string of the molecule is [C-]#[N+]c1cc2c(cc1[N+]#[C-])C(=O)C(=Cc1cc3c(s1)c1sc(C=C4C(=O)c5cc(C#N)c(C#N)cc5C4=O)cc1n3C)C2=O. The van der Waals surface area contributed by atoms with Gasteiger partial charge in [-0.15, -0.1) is 22.7 Å². The van der Waals surface area contributed by atoms with E-state index in [9.17, 15) is 29.7 Å². The lowest BCUT2D eigenvalue weighted by molar-refractivity contribution is 0.0975. The molecule has 44 heavy (non-hydrogen) atoms. The summed E-state index contributed by atoms with van der Waals surface area (Å²) in [6.45, 7) is 14.6. The fraction of sp³-hybridized carbons (Fsp3) is 0.0303. The number of ketones is 4. The van der Waals surface area contributed by atoms with E-state index in [-0.39, 0.29) is 55.9 Å². The van der Waals surface area contributed by atoms with Crippen LogP contribution in [0.2, 0.25) is 0 Å². The molecule has 11 heteroatoms. The van der Waals surface area contributed by atoms with Gasteiger partial charge in [0.1, 0.15) is 12.1 Å². The van der Waals surface area contributed by atoms with Gasteiger partial charge >= 0.3 is 0 Å². The summed E-state index contributed by atoms with van der Waals surface area (Å²) in [5.41, 5.74) is 2.22. The van der Waals surface area contributed by atoms with Gasteiger partial charge in [-0.2, -0.15) is 10.5 Å². The Morgan fingerprint density at radius 1 is 0.659 bits per heavy atom. The third-order valence-corrected chi connectivity index (χ3v) is 9.98. The molecule has 204 valence electrons. The van der Waals surface area contributed by atoms with Gasteiger partial charge < -0.3 is 4.57 Å². The van der Waals surface area contributed by atoms with E-state index < -0.39 is 23.1 Å². The van der Waals surface area contributed by atoms with E-state index in [1.54, 1.807) is 0 Å². The molecule has 2 aromatic carbocycles. The van der Waals surface area contributed by atoms with Gasteiger partial charge in [-0.3, -0.25) is 28.9 Å². The first-order valence-electron chi connectivity index (χ1n) is 12.7. The van der Waals surface area contributed by atoms with Crippen LogP contribution in [0.1, 0.15) is 62.3 Å². The summed E-state index contributed by atoms with van der Waals surface area (Å²) in [6.07, 6.45) is 3.06. The van der Waals surface area contributed by atoms with Crippen molar-refractivity contribution in [2.24, 2.45) is 7.05 Å². The number of hydrogen-bond acceptors (Lipinski definition) is 8. The van der Waals surface area contributed by atoms with Gasteiger partial charge in [0.2, 0.25) is 0 Å². The second-order valence-electron chi connectivity index (χ2n) is 9.99. The molecule has 0 bridgehead atoms. The van der Waals surface area contributed by atoms with Crippen molar-refractivity contribution in [3.05, 3.63) is 114 Å². The molecule has 0 fully saturated rings. The quantitative estimate of drug-likeness (QED) is 0.119. The molecule has 0 spiro atoms. The van der Waals surface area contributed by atoms with Crippen molar-refractivity contribution in [1.82, 2.24) is 4.57 Å². The second-order valence-corrected chi connectivity index (χ2v) is 12.2. The van der Waals surface area contributed by atoms with Crippen LogP contribution in [0.3, 0.4) is 0 Å².